The molecule has 0 spiro atoms. The van der Waals surface area contributed by atoms with Crippen molar-refractivity contribution in [3.8, 4) is 5.75 Å². The highest BCUT2D eigenvalue weighted by atomic mass is 16.5. The summed E-state index contributed by atoms with van der Waals surface area (Å²) in [4.78, 5) is 13.3. The van der Waals surface area contributed by atoms with Gasteiger partial charge in [-0.15, -0.1) is 0 Å². The standard InChI is InChI=1S/C19H24N2O2/c1-4-23-18-8-6-5-7-16(18)13-21(3)14-19(22)20-17-11-9-15(2)10-12-17/h5-12H,4,13-14H2,1-3H3,(H,20,22)/p+1. The van der Waals surface area contributed by atoms with E-state index in [0.717, 1.165) is 28.4 Å². The first kappa shape index (κ1) is 17.0. The molecule has 1 atom stereocenters. The van der Waals surface area contributed by atoms with Crippen molar-refractivity contribution in [1.82, 2.24) is 0 Å². The fraction of sp³-hybridized carbons (Fsp3) is 0.316. The van der Waals surface area contributed by atoms with Crippen LogP contribution in [-0.2, 0) is 11.3 Å². The van der Waals surface area contributed by atoms with Gasteiger partial charge in [-0.2, -0.15) is 0 Å². The molecule has 1 unspecified atom stereocenters. The summed E-state index contributed by atoms with van der Waals surface area (Å²) in [6.45, 7) is 5.80. The molecule has 0 radical (unpaired) electrons. The average Bonchev–Trinajstić information content (AvgIpc) is 2.51. The Bertz CT molecular complexity index is 638. The Labute approximate surface area is 138 Å². The van der Waals surface area contributed by atoms with E-state index in [1.54, 1.807) is 0 Å². The van der Waals surface area contributed by atoms with Crippen molar-refractivity contribution < 1.29 is 14.4 Å². The molecule has 2 N–H and O–H groups in total. The fourth-order valence-corrected chi connectivity index (χ4v) is 2.45. The first-order valence-electron chi connectivity index (χ1n) is 7.97. The van der Waals surface area contributed by atoms with E-state index in [1.807, 2.05) is 69.4 Å². The van der Waals surface area contributed by atoms with Crippen LogP contribution in [0.2, 0.25) is 0 Å². The number of ether oxygens (including phenoxy) is 1. The van der Waals surface area contributed by atoms with Crippen LogP contribution in [-0.4, -0.2) is 26.1 Å². The molecule has 2 rings (SSSR count). The molecule has 122 valence electrons. The Morgan fingerprint density at radius 2 is 1.83 bits per heavy atom. The highest BCUT2D eigenvalue weighted by Crippen LogP contribution is 2.16. The molecule has 1 amide bonds. The van der Waals surface area contributed by atoms with E-state index in [0.29, 0.717) is 13.2 Å². The molecule has 0 saturated carbocycles. The van der Waals surface area contributed by atoms with Crippen molar-refractivity contribution in [1.29, 1.82) is 0 Å². The van der Waals surface area contributed by atoms with E-state index in [4.69, 9.17) is 4.74 Å². The molecule has 0 heterocycles. The van der Waals surface area contributed by atoms with Crippen LogP contribution < -0.4 is 15.0 Å². The molecule has 0 aliphatic heterocycles. The minimum Gasteiger partial charge on any atom is -0.493 e. The summed E-state index contributed by atoms with van der Waals surface area (Å²) in [6.07, 6.45) is 0. The summed E-state index contributed by atoms with van der Waals surface area (Å²) in [5.74, 6) is 0.911. The second kappa shape index (κ2) is 8.34. The van der Waals surface area contributed by atoms with Gasteiger partial charge in [-0.3, -0.25) is 4.79 Å². The smallest absolute Gasteiger partial charge is 0.279 e. The number of rotatable bonds is 7. The van der Waals surface area contributed by atoms with E-state index >= 15 is 0 Å². The van der Waals surface area contributed by atoms with E-state index in [1.165, 1.54) is 5.56 Å². The Morgan fingerprint density at radius 1 is 1.13 bits per heavy atom. The third-order valence-electron chi connectivity index (χ3n) is 3.56. The minimum absolute atomic E-state index is 0.0141. The Hall–Kier alpha value is -2.33. The number of amides is 1. The molecule has 0 fully saturated rings. The van der Waals surface area contributed by atoms with Crippen LogP contribution in [0.15, 0.2) is 48.5 Å². The summed E-state index contributed by atoms with van der Waals surface area (Å²) >= 11 is 0. The second-order valence-corrected chi connectivity index (χ2v) is 5.77. The lowest BCUT2D eigenvalue weighted by molar-refractivity contribution is -0.885. The number of quaternary nitrogens is 1. The van der Waals surface area contributed by atoms with Gasteiger partial charge in [-0.25, -0.2) is 0 Å². The van der Waals surface area contributed by atoms with Crippen molar-refractivity contribution >= 4 is 11.6 Å². The van der Waals surface area contributed by atoms with Crippen molar-refractivity contribution in [2.45, 2.75) is 20.4 Å². The number of benzene rings is 2. The first-order chi connectivity index (χ1) is 11.1. The number of carbonyl (C=O) groups excluding carboxylic acids is 1. The molecule has 2 aromatic rings. The Kier molecular flexibility index (Phi) is 6.18. The van der Waals surface area contributed by atoms with E-state index < -0.39 is 0 Å². The van der Waals surface area contributed by atoms with Gasteiger partial charge in [0.2, 0.25) is 0 Å². The fourth-order valence-electron chi connectivity index (χ4n) is 2.45. The van der Waals surface area contributed by atoms with E-state index in [9.17, 15) is 4.79 Å². The third-order valence-corrected chi connectivity index (χ3v) is 3.56. The summed E-state index contributed by atoms with van der Waals surface area (Å²) in [6, 6.07) is 15.8. The number of anilines is 1. The van der Waals surface area contributed by atoms with Crippen molar-refractivity contribution in [2.75, 3.05) is 25.5 Å². The van der Waals surface area contributed by atoms with Gasteiger partial charge in [0.25, 0.3) is 5.91 Å². The number of likely N-dealkylation sites (N-methyl/N-ethyl adjacent to an activating group) is 1. The van der Waals surface area contributed by atoms with Gasteiger partial charge in [0.15, 0.2) is 6.54 Å². The monoisotopic (exact) mass is 313 g/mol. The Balaban J connectivity index is 1.90. The van der Waals surface area contributed by atoms with Crippen molar-refractivity contribution in [3.05, 3.63) is 59.7 Å². The maximum atomic E-state index is 12.1. The lowest BCUT2D eigenvalue weighted by Crippen LogP contribution is -3.08. The zero-order chi connectivity index (χ0) is 16.7. The molecular formula is C19H25N2O2+. The molecule has 4 nitrogen and oxygen atoms in total. The van der Waals surface area contributed by atoms with Gasteiger partial charge in [0.05, 0.1) is 13.7 Å². The van der Waals surface area contributed by atoms with E-state index in [-0.39, 0.29) is 5.91 Å². The Morgan fingerprint density at radius 3 is 2.52 bits per heavy atom. The predicted molar refractivity (Wildman–Crippen MR) is 92.9 cm³/mol. The average molecular weight is 313 g/mol. The van der Waals surface area contributed by atoms with Gasteiger partial charge in [0.1, 0.15) is 12.3 Å². The number of hydrogen-bond acceptors (Lipinski definition) is 2. The molecule has 0 aliphatic carbocycles. The summed E-state index contributed by atoms with van der Waals surface area (Å²) in [7, 11) is 2.01. The molecular weight excluding hydrogens is 288 g/mol. The van der Waals surface area contributed by atoms with Crippen molar-refractivity contribution in [2.24, 2.45) is 0 Å². The molecule has 0 saturated heterocycles. The maximum absolute atomic E-state index is 12.1. The normalized spacial score (nSPS) is 11.8. The molecule has 0 aliphatic rings. The van der Waals surface area contributed by atoms with Gasteiger partial charge in [-0.1, -0.05) is 29.8 Å². The van der Waals surface area contributed by atoms with Gasteiger partial charge >= 0.3 is 0 Å². The maximum Gasteiger partial charge on any atom is 0.279 e. The second-order valence-electron chi connectivity index (χ2n) is 5.77. The summed E-state index contributed by atoms with van der Waals surface area (Å²) in [5, 5.41) is 2.93. The topological polar surface area (TPSA) is 42.8 Å². The van der Waals surface area contributed by atoms with Crippen LogP contribution in [0, 0.1) is 6.92 Å². The number of para-hydroxylation sites is 1. The van der Waals surface area contributed by atoms with E-state index in [2.05, 4.69) is 5.32 Å². The minimum atomic E-state index is 0.0141. The highest BCUT2D eigenvalue weighted by molar-refractivity contribution is 5.91. The largest absolute Gasteiger partial charge is 0.493 e. The zero-order valence-corrected chi connectivity index (χ0v) is 14.1. The molecule has 23 heavy (non-hydrogen) atoms. The van der Waals surface area contributed by atoms with Crippen LogP contribution in [0.4, 0.5) is 5.69 Å². The third kappa shape index (κ3) is 5.42. The first-order valence-corrected chi connectivity index (χ1v) is 7.97. The lowest BCUT2D eigenvalue weighted by atomic mass is 10.2. The van der Waals surface area contributed by atoms with Crippen LogP contribution in [0.25, 0.3) is 0 Å². The molecule has 0 bridgehead atoms. The zero-order valence-electron chi connectivity index (χ0n) is 14.1. The number of hydrogen-bond donors (Lipinski definition) is 2. The highest BCUT2D eigenvalue weighted by Gasteiger charge is 2.13. The number of aryl methyl sites for hydroxylation is 1. The summed E-state index contributed by atoms with van der Waals surface area (Å²) in [5.41, 5.74) is 3.14. The van der Waals surface area contributed by atoms with Crippen LogP contribution >= 0.6 is 0 Å². The predicted octanol–water partition coefficient (Wildman–Crippen LogP) is 2.05. The number of nitrogens with one attached hydrogen (secondary N) is 2. The SMILES string of the molecule is CCOc1ccccc1C[NH+](C)CC(=O)Nc1ccc(C)cc1. The number of carbonyl (C=O) groups is 1. The van der Waals surface area contributed by atoms with Gasteiger partial charge in [0, 0.05) is 11.3 Å². The van der Waals surface area contributed by atoms with Gasteiger partial charge in [-0.05, 0) is 38.1 Å². The quantitative estimate of drug-likeness (QED) is 0.821. The van der Waals surface area contributed by atoms with Crippen LogP contribution in [0.5, 0.6) is 5.75 Å². The van der Waals surface area contributed by atoms with Crippen LogP contribution in [0.1, 0.15) is 18.1 Å². The van der Waals surface area contributed by atoms with Gasteiger partial charge < -0.3 is 15.0 Å². The van der Waals surface area contributed by atoms with Crippen molar-refractivity contribution in [3.63, 3.8) is 0 Å². The molecule has 4 heteroatoms. The summed E-state index contributed by atoms with van der Waals surface area (Å²) < 4.78 is 5.64. The van der Waals surface area contributed by atoms with Crippen LogP contribution in [0.3, 0.4) is 0 Å². The lowest BCUT2D eigenvalue weighted by Gasteiger charge is -2.16. The molecule has 0 aromatic heterocycles. The molecule has 2 aromatic carbocycles.